The van der Waals surface area contributed by atoms with Crippen molar-refractivity contribution >= 4 is 16.7 Å². The number of hydrogen-bond acceptors (Lipinski definition) is 6. The minimum atomic E-state index is -0.470. The van der Waals surface area contributed by atoms with Gasteiger partial charge in [-0.15, -0.1) is 0 Å². The maximum Gasteiger partial charge on any atom is 0.167 e. The molecule has 5 rings (SSSR count). The SMILES string of the molecule is CC(C)n1nc(-c2noc(C3CC3)c2-c2ccn(C)n2)c2c(N)ncc(F)c21. The van der Waals surface area contributed by atoms with Crippen LogP contribution in [-0.4, -0.2) is 29.7 Å². The van der Waals surface area contributed by atoms with Crippen molar-refractivity contribution in [2.45, 2.75) is 38.6 Å². The summed E-state index contributed by atoms with van der Waals surface area (Å²) in [6.45, 7) is 3.87. The smallest absolute Gasteiger partial charge is 0.167 e. The predicted octanol–water partition coefficient (Wildman–Crippen LogP) is 3.67. The van der Waals surface area contributed by atoms with Crippen molar-refractivity contribution in [2.24, 2.45) is 7.05 Å². The van der Waals surface area contributed by atoms with Gasteiger partial charge in [-0.1, -0.05) is 5.16 Å². The quantitative estimate of drug-likeness (QED) is 0.579. The standard InChI is InChI=1S/C19H20FN7O/c1-9(2)27-17-11(20)8-22-19(21)14(17)15(24-27)16-13(12-6-7-26(3)23-12)18(28-25-16)10-4-5-10/h6-10H,4-5H2,1-3H3,(H2,21,22). The average Bonchev–Trinajstić information content (AvgIpc) is 3.08. The largest absolute Gasteiger partial charge is 0.383 e. The van der Waals surface area contributed by atoms with Crippen molar-refractivity contribution in [1.82, 2.24) is 29.7 Å². The highest BCUT2D eigenvalue weighted by Gasteiger charge is 2.35. The van der Waals surface area contributed by atoms with Gasteiger partial charge in [0, 0.05) is 25.2 Å². The highest BCUT2D eigenvalue weighted by molar-refractivity contribution is 6.02. The van der Waals surface area contributed by atoms with E-state index in [0.717, 1.165) is 36.1 Å². The molecule has 1 fully saturated rings. The zero-order chi connectivity index (χ0) is 19.6. The van der Waals surface area contributed by atoms with Crippen molar-refractivity contribution < 1.29 is 8.91 Å². The molecule has 0 spiro atoms. The van der Waals surface area contributed by atoms with Crippen LogP contribution < -0.4 is 5.73 Å². The summed E-state index contributed by atoms with van der Waals surface area (Å²) >= 11 is 0. The van der Waals surface area contributed by atoms with Gasteiger partial charge in [0.05, 0.1) is 22.8 Å². The van der Waals surface area contributed by atoms with Crippen LogP contribution in [-0.2, 0) is 7.05 Å². The summed E-state index contributed by atoms with van der Waals surface area (Å²) in [7, 11) is 1.85. The normalized spacial score (nSPS) is 14.5. The average molecular weight is 381 g/mol. The first-order valence-corrected chi connectivity index (χ1v) is 9.27. The lowest BCUT2D eigenvalue weighted by atomic mass is 10.0. The van der Waals surface area contributed by atoms with E-state index in [-0.39, 0.29) is 11.9 Å². The van der Waals surface area contributed by atoms with Crippen molar-refractivity contribution in [3.05, 3.63) is 30.0 Å². The summed E-state index contributed by atoms with van der Waals surface area (Å²) in [6.07, 6.45) is 5.09. The molecule has 28 heavy (non-hydrogen) atoms. The van der Waals surface area contributed by atoms with Gasteiger partial charge in [0.15, 0.2) is 5.82 Å². The number of nitrogens with zero attached hydrogens (tertiary/aromatic N) is 6. The van der Waals surface area contributed by atoms with Crippen molar-refractivity contribution in [3.8, 4) is 22.6 Å². The van der Waals surface area contributed by atoms with E-state index >= 15 is 0 Å². The Morgan fingerprint density at radius 3 is 2.68 bits per heavy atom. The molecule has 4 aromatic heterocycles. The Hall–Kier alpha value is -3.23. The summed E-state index contributed by atoms with van der Waals surface area (Å²) in [5.74, 6) is 0.857. The second-order valence-corrected chi connectivity index (χ2v) is 7.52. The molecule has 144 valence electrons. The molecule has 0 bridgehead atoms. The summed E-state index contributed by atoms with van der Waals surface area (Å²) < 4.78 is 23.7. The molecule has 1 aliphatic rings. The van der Waals surface area contributed by atoms with Gasteiger partial charge in [-0.3, -0.25) is 9.36 Å². The molecule has 0 saturated heterocycles. The molecule has 1 aliphatic carbocycles. The molecule has 8 nitrogen and oxygen atoms in total. The number of halogens is 1. The fraction of sp³-hybridized carbons (Fsp3) is 0.368. The first-order chi connectivity index (χ1) is 13.5. The van der Waals surface area contributed by atoms with Crippen molar-refractivity contribution in [2.75, 3.05) is 5.73 Å². The number of hydrogen-bond donors (Lipinski definition) is 1. The molecule has 0 unspecified atom stereocenters. The Balaban J connectivity index is 1.84. The lowest BCUT2D eigenvalue weighted by Gasteiger charge is -2.07. The van der Waals surface area contributed by atoms with E-state index in [4.69, 9.17) is 10.3 Å². The van der Waals surface area contributed by atoms with E-state index in [1.807, 2.05) is 33.2 Å². The zero-order valence-electron chi connectivity index (χ0n) is 15.8. The Labute approximate surface area is 160 Å². The van der Waals surface area contributed by atoms with Gasteiger partial charge in [-0.25, -0.2) is 9.37 Å². The van der Waals surface area contributed by atoms with Crippen LogP contribution in [0.1, 0.15) is 44.4 Å². The van der Waals surface area contributed by atoms with Crippen LogP contribution in [0.5, 0.6) is 0 Å². The van der Waals surface area contributed by atoms with Crippen molar-refractivity contribution in [3.63, 3.8) is 0 Å². The highest BCUT2D eigenvalue weighted by Crippen LogP contribution is 2.48. The summed E-state index contributed by atoms with van der Waals surface area (Å²) in [6, 6.07) is 1.84. The van der Waals surface area contributed by atoms with E-state index in [1.54, 1.807) is 9.36 Å². The van der Waals surface area contributed by atoms with Crippen LogP contribution in [0.3, 0.4) is 0 Å². The number of aryl methyl sites for hydroxylation is 1. The zero-order valence-corrected chi connectivity index (χ0v) is 15.8. The monoisotopic (exact) mass is 381 g/mol. The van der Waals surface area contributed by atoms with Gasteiger partial charge in [0.2, 0.25) is 0 Å². The second kappa shape index (κ2) is 5.88. The van der Waals surface area contributed by atoms with Gasteiger partial charge < -0.3 is 10.3 Å². The van der Waals surface area contributed by atoms with E-state index in [0.29, 0.717) is 28.2 Å². The first-order valence-electron chi connectivity index (χ1n) is 9.27. The van der Waals surface area contributed by atoms with Crippen LogP contribution in [0.4, 0.5) is 10.2 Å². The van der Waals surface area contributed by atoms with Crippen LogP contribution in [0.2, 0.25) is 0 Å². The number of anilines is 1. The molecule has 0 aliphatic heterocycles. The van der Waals surface area contributed by atoms with Crippen LogP contribution in [0, 0.1) is 5.82 Å². The molecule has 2 N–H and O–H groups in total. The maximum atomic E-state index is 14.6. The second-order valence-electron chi connectivity index (χ2n) is 7.52. The Kier molecular flexibility index (Phi) is 3.55. The van der Waals surface area contributed by atoms with Gasteiger partial charge in [0.1, 0.15) is 28.5 Å². The first kappa shape index (κ1) is 16.9. The number of nitrogen functional groups attached to an aromatic ring is 1. The van der Waals surface area contributed by atoms with Gasteiger partial charge in [-0.2, -0.15) is 10.2 Å². The van der Waals surface area contributed by atoms with Gasteiger partial charge in [-0.05, 0) is 32.8 Å². The van der Waals surface area contributed by atoms with Crippen LogP contribution in [0.15, 0.2) is 23.0 Å². The van der Waals surface area contributed by atoms with Gasteiger partial charge in [0.25, 0.3) is 0 Å². The predicted molar refractivity (Wildman–Crippen MR) is 102 cm³/mol. The third kappa shape index (κ3) is 2.42. The highest BCUT2D eigenvalue weighted by atomic mass is 19.1. The lowest BCUT2D eigenvalue weighted by molar-refractivity contribution is 0.386. The van der Waals surface area contributed by atoms with E-state index in [1.165, 1.54) is 0 Å². The third-order valence-electron chi connectivity index (χ3n) is 5.06. The molecular formula is C19H20FN7O. The minimum absolute atomic E-state index is 0.0688. The molecule has 0 amide bonds. The van der Waals surface area contributed by atoms with E-state index < -0.39 is 5.82 Å². The third-order valence-corrected chi connectivity index (χ3v) is 5.06. The number of pyridine rings is 1. The van der Waals surface area contributed by atoms with Crippen molar-refractivity contribution in [1.29, 1.82) is 0 Å². The Bertz CT molecular complexity index is 1200. The number of nitrogens with two attached hydrogens (primary N) is 1. The molecule has 0 radical (unpaired) electrons. The number of rotatable bonds is 4. The number of aromatic nitrogens is 6. The lowest BCUT2D eigenvalue weighted by Crippen LogP contribution is -2.04. The molecule has 9 heteroatoms. The molecule has 0 aromatic carbocycles. The molecule has 0 atom stereocenters. The number of fused-ring (bicyclic) bond motifs is 1. The Morgan fingerprint density at radius 1 is 1.25 bits per heavy atom. The Morgan fingerprint density at radius 2 is 2.04 bits per heavy atom. The van der Waals surface area contributed by atoms with Gasteiger partial charge >= 0.3 is 0 Å². The summed E-state index contributed by atoms with van der Waals surface area (Å²) in [5.41, 5.74) is 8.98. The summed E-state index contributed by atoms with van der Waals surface area (Å²) in [5, 5.41) is 14.0. The minimum Gasteiger partial charge on any atom is -0.383 e. The van der Waals surface area contributed by atoms with Crippen LogP contribution >= 0.6 is 0 Å². The maximum absolute atomic E-state index is 14.6. The fourth-order valence-electron chi connectivity index (χ4n) is 3.58. The summed E-state index contributed by atoms with van der Waals surface area (Å²) in [4.78, 5) is 4.00. The molecule has 4 aromatic rings. The molecule has 4 heterocycles. The topological polar surface area (TPSA) is 101 Å². The fourth-order valence-corrected chi connectivity index (χ4v) is 3.58. The molecule has 1 saturated carbocycles. The molecular weight excluding hydrogens is 361 g/mol. The van der Waals surface area contributed by atoms with E-state index in [2.05, 4.69) is 20.3 Å². The van der Waals surface area contributed by atoms with E-state index in [9.17, 15) is 4.39 Å². The van der Waals surface area contributed by atoms with Crippen LogP contribution in [0.25, 0.3) is 33.5 Å².